The molecule has 0 amide bonds. The van der Waals surface area contributed by atoms with Gasteiger partial charge >= 0.3 is 0 Å². The van der Waals surface area contributed by atoms with Gasteiger partial charge in [0.05, 0.1) is 25.7 Å². The molecule has 2 rings (SSSR count). The summed E-state index contributed by atoms with van der Waals surface area (Å²) in [6, 6.07) is 2.83. The van der Waals surface area contributed by atoms with Crippen LogP contribution in [0.3, 0.4) is 0 Å². The molecule has 188 valence electrons. The van der Waals surface area contributed by atoms with E-state index in [0.29, 0.717) is 31.7 Å². The molecule has 1 saturated carbocycles. The van der Waals surface area contributed by atoms with Gasteiger partial charge in [0.1, 0.15) is 0 Å². The summed E-state index contributed by atoms with van der Waals surface area (Å²) in [5, 5.41) is 8.80. The van der Waals surface area contributed by atoms with Crippen LogP contribution < -0.4 is 0 Å². The Morgan fingerprint density at radius 2 is 1.52 bits per heavy atom. The van der Waals surface area contributed by atoms with Crippen LogP contribution in [-0.2, 0) is 13.8 Å². The molecule has 0 heterocycles. The number of nitrogens with zero attached hydrogens (tertiary/aromatic N) is 2. The Balaban J connectivity index is 1.46. The van der Waals surface area contributed by atoms with Crippen LogP contribution in [0.5, 0.6) is 0 Å². The van der Waals surface area contributed by atoms with E-state index in [2.05, 4.69) is 50.3 Å². The molecule has 4 atom stereocenters. The third kappa shape index (κ3) is 11.5. The summed E-state index contributed by atoms with van der Waals surface area (Å²) in [5.74, 6) is 11.3. The van der Waals surface area contributed by atoms with E-state index in [0.717, 1.165) is 68.2 Å². The van der Waals surface area contributed by atoms with Crippen LogP contribution in [0, 0.1) is 40.9 Å². The van der Waals surface area contributed by atoms with Crippen molar-refractivity contribution in [2.75, 3.05) is 37.9 Å². The largest absolute Gasteiger partial charge is 0.381 e. The third-order valence-electron chi connectivity index (χ3n) is 5.99. The Morgan fingerprint density at radius 1 is 0.939 bits per heavy atom. The fourth-order valence-corrected chi connectivity index (χ4v) is 8.16. The molecule has 2 aliphatic carbocycles. The zero-order valence-electron chi connectivity index (χ0n) is 21.0. The Morgan fingerprint density at radius 3 is 2.09 bits per heavy atom. The second-order valence-electron chi connectivity index (χ2n) is 9.23. The van der Waals surface area contributed by atoms with Crippen LogP contribution in [0.25, 0.3) is 0 Å². The second-order valence-corrected chi connectivity index (χ2v) is 13.4. The SMILES string of the molecule is CC(C)N(C(C)C)P(OCCC#N)OCCCSSCCCOCC1[C@H]2CCC#CCC[C@@H]12. The Kier molecular flexibility index (Phi) is 15.5. The first-order valence-corrected chi connectivity index (χ1v) is 16.2. The van der Waals surface area contributed by atoms with Crippen molar-refractivity contribution >= 4 is 30.1 Å². The highest BCUT2D eigenvalue weighted by Gasteiger charge is 2.48. The van der Waals surface area contributed by atoms with Crippen LogP contribution in [0.4, 0.5) is 0 Å². The number of ether oxygens (including phenoxy) is 1. The molecule has 0 N–H and O–H groups in total. The summed E-state index contributed by atoms with van der Waals surface area (Å²) in [5.41, 5.74) is 0. The molecule has 5 nitrogen and oxygen atoms in total. The molecule has 0 aromatic carbocycles. The highest BCUT2D eigenvalue weighted by atomic mass is 33.1. The summed E-state index contributed by atoms with van der Waals surface area (Å²) in [7, 11) is 2.74. The lowest BCUT2D eigenvalue weighted by molar-refractivity contribution is 0.119. The van der Waals surface area contributed by atoms with E-state index in [1.165, 1.54) is 12.8 Å². The third-order valence-corrected chi connectivity index (χ3v) is 10.7. The Bertz CT molecular complexity index is 609. The molecule has 0 spiro atoms. The number of fused-ring (bicyclic) bond motifs is 1. The van der Waals surface area contributed by atoms with Gasteiger partial charge in [0.15, 0.2) is 0 Å². The molecule has 0 radical (unpaired) electrons. The van der Waals surface area contributed by atoms with Crippen molar-refractivity contribution in [1.29, 1.82) is 5.26 Å². The van der Waals surface area contributed by atoms with E-state index in [1.807, 2.05) is 21.6 Å². The van der Waals surface area contributed by atoms with Gasteiger partial charge in [0.25, 0.3) is 8.53 Å². The van der Waals surface area contributed by atoms with Crippen molar-refractivity contribution in [2.24, 2.45) is 17.8 Å². The maximum absolute atomic E-state index is 8.80. The first kappa shape index (κ1) is 29.3. The zero-order valence-corrected chi connectivity index (χ0v) is 23.5. The molecule has 33 heavy (non-hydrogen) atoms. The minimum Gasteiger partial charge on any atom is -0.381 e. The molecule has 0 saturated heterocycles. The van der Waals surface area contributed by atoms with Gasteiger partial charge < -0.3 is 13.8 Å². The van der Waals surface area contributed by atoms with Gasteiger partial charge in [-0.05, 0) is 71.1 Å². The minimum atomic E-state index is -1.12. The Labute approximate surface area is 211 Å². The fraction of sp³-hybridized carbons (Fsp3) is 0.880. The highest BCUT2D eigenvalue weighted by molar-refractivity contribution is 8.76. The first-order valence-electron chi connectivity index (χ1n) is 12.5. The second kappa shape index (κ2) is 17.4. The van der Waals surface area contributed by atoms with E-state index in [1.54, 1.807) is 0 Å². The molecule has 8 heteroatoms. The molecule has 2 aliphatic rings. The predicted octanol–water partition coefficient (Wildman–Crippen LogP) is 6.90. The number of hydrogen-bond acceptors (Lipinski definition) is 7. The van der Waals surface area contributed by atoms with E-state index in [9.17, 15) is 0 Å². The van der Waals surface area contributed by atoms with Crippen molar-refractivity contribution in [1.82, 2.24) is 4.67 Å². The van der Waals surface area contributed by atoms with Crippen molar-refractivity contribution in [3.05, 3.63) is 0 Å². The number of nitriles is 1. The van der Waals surface area contributed by atoms with Crippen molar-refractivity contribution in [3.8, 4) is 17.9 Å². The zero-order chi connectivity index (χ0) is 23.9. The summed E-state index contributed by atoms with van der Waals surface area (Å²) < 4.78 is 20.3. The number of hydrogen-bond donors (Lipinski definition) is 0. The molecular formula is C25H43N2O3PS2. The lowest BCUT2D eigenvalue weighted by Gasteiger charge is -2.35. The minimum absolute atomic E-state index is 0.345. The van der Waals surface area contributed by atoms with Gasteiger partial charge in [0.2, 0.25) is 0 Å². The maximum Gasteiger partial charge on any atom is 0.259 e. The quantitative estimate of drug-likeness (QED) is 0.0853. The van der Waals surface area contributed by atoms with Gasteiger partial charge in [-0.1, -0.05) is 21.6 Å². The summed E-state index contributed by atoms with van der Waals surface area (Å²) in [6.45, 7) is 11.6. The topological polar surface area (TPSA) is 54.7 Å². The fourth-order valence-electron chi connectivity index (χ4n) is 4.41. The summed E-state index contributed by atoms with van der Waals surface area (Å²) >= 11 is 0. The van der Waals surface area contributed by atoms with E-state index >= 15 is 0 Å². The Hall–Kier alpha value is 0.0200. The molecule has 1 fully saturated rings. The van der Waals surface area contributed by atoms with E-state index < -0.39 is 8.53 Å². The lowest BCUT2D eigenvalue weighted by atomic mass is 10.1. The van der Waals surface area contributed by atoms with E-state index in [4.69, 9.17) is 19.0 Å². The maximum atomic E-state index is 8.80. The normalized spacial score (nSPS) is 22.9. The van der Waals surface area contributed by atoms with E-state index in [-0.39, 0.29) is 0 Å². The van der Waals surface area contributed by atoms with Gasteiger partial charge in [-0.2, -0.15) is 5.26 Å². The standard InChI is InChI=1S/C25H43N2O3PS2/c1-21(2)27(22(3)4)31(29-16-9-14-26)30-17-11-19-33-32-18-10-15-28-20-25-23-12-7-5-6-8-13-24(23)25/h21-25H,7-13,15-20H2,1-4H3/t23-,24+,25?,31?. The van der Waals surface area contributed by atoms with Gasteiger partial charge in [-0.3, -0.25) is 0 Å². The summed E-state index contributed by atoms with van der Waals surface area (Å²) in [6.07, 6.45) is 7.26. The van der Waals surface area contributed by atoms with Crippen molar-refractivity contribution < 1.29 is 13.8 Å². The van der Waals surface area contributed by atoms with Crippen LogP contribution in [0.15, 0.2) is 0 Å². The van der Waals surface area contributed by atoms with Gasteiger partial charge in [-0.15, -0.1) is 11.8 Å². The number of rotatable bonds is 18. The van der Waals surface area contributed by atoms with Gasteiger partial charge in [0, 0.05) is 49.6 Å². The lowest BCUT2D eigenvalue weighted by Crippen LogP contribution is -2.33. The van der Waals surface area contributed by atoms with Gasteiger partial charge in [-0.25, -0.2) is 4.67 Å². The average Bonchev–Trinajstić information content (AvgIpc) is 3.40. The smallest absolute Gasteiger partial charge is 0.259 e. The molecule has 0 aliphatic heterocycles. The highest BCUT2D eigenvalue weighted by Crippen LogP contribution is 2.52. The van der Waals surface area contributed by atoms with Crippen molar-refractivity contribution in [2.45, 2.75) is 84.7 Å². The monoisotopic (exact) mass is 514 g/mol. The summed E-state index contributed by atoms with van der Waals surface area (Å²) in [4.78, 5) is 0. The van der Waals surface area contributed by atoms with Crippen LogP contribution >= 0.6 is 30.1 Å². The van der Waals surface area contributed by atoms with Crippen LogP contribution in [0.2, 0.25) is 0 Å². The molecule has 2 unspecified atom stereocenters. The molecule has 0 aromatic heterocycles. The average molecular weight is 515 g/mol. The molecule has 0 aromatic rings. The predicted molar refractivity (Wildman–Crippen MR) is 143 cm³/mol. The van der Waals surface area contributed by atoms with Crippen molar-refractivity contribution in [3.63, 3.8) is 0 Å². The molecule has 0 bridgehead atoms. The first-order chi connectivity index (χ1) is 16.1. The molecular weight excluding hydrogens is 471 g/mol. The van der Waals surface area contributed by atoms with Crippen LogP contribution in [0.1, 0.15) is 72.6 Å². The van der Waals surface area contributed by atoms with Crippen LogP contribution in [-0.4, -0.2) is 54.7 Å².